The van der Waals surface area contributed by atoms with E-state index >= 15 is 0 Å². The highest BCUT2D eigenvalue weighted by atomic mass is 19.4. The van der Waals surface area contributed by atoms with Crippen LogP contribution in [0.3, 0.4) is 0 Å². The minimum absolute atomic E-state index is 0.00262. The summed E-state index contributed by atoms with van der Waals surface area (Å²) in [4.78, 5) is 19.7. The van der Waals surface area contributed by atoms with Crippen molar-refractivity contribution >= 4 is 29.0 Å². The second-order valence-corrected chi connectivity index (χ2v) is 6.28. The Labute approximate surface area is 158 Å². The third-order valence-electron chi connectivity index (χ3n) is 3.57. The average molecular weight is 395 g/mol. The second-order valence-electron chi connectivity index (χ2n) is 6.28. The molecule has 0 aromatic carbocycles. The van der Waals surface area contributed by atoms with Crippen molar-refractivity contribution in [1.82, 2.24) is 19.9 Å². The molecular formula is C17H17F4N7. The Morgan fingerprint density at radius 2 is 1.82 bits per heavy atom. The largest absolute Gasteiger partial charge is 0.429 e. The highest BCUT2D eigenvalue weighted by molar-refractivity contribution is 5.95. The minimum atomic E-state index is -4.51. The van der Waals surface area contributed by atoms with Crippen molar-refractivity contribution in [1.29, 1.82) is 0 Å². The van der Waals surface area contributed by atoms with Gasteiger partial charge in [-0.2, -0.15) is 32.5 Å². The Kier molecular flexibility index (Phi) is 5.52. The van der Waals surface area contributed by atoms with Gasteiger partial charge < -0.3 is 10.6 Å². The van der Waals surface area contributed by atoms with Crippen molar-refractivity contribution in [2.24, 2.45) is 4.99 Å². The maximum atomic E-state index is 13.0. The van der Waals surface area contributed by atoms with E-state index in [1.165, 1.54) is 12.3 Å². The number of pyridine rings is 1. The molecule has 0 spiro atoms. The van der Waals surface area contributed by atoms with Gasteiger partial charge >= 0.3 is 6.18 Å². The summed E-state index contributed by atoms with van der Waals surface area (Å²) in [6.07, 6.45) is -1.73. The maximum Gasteiger partial charge on any atom is 0.429 e. The fourth-order valence-corrected chi connectivity index (χ4v) is 2.39. The van der Waals surface area contributed by atoms with Crippen molar-refractivity contribution in [3.8, 4) is 0 Å². The predicted molar refractivity (Wildman–Crippen MR) is 96.8 cm³/mol. The highest BCUT2D eigenvalue weighted by Gasteiger charge is 2.36. The van der Waals surface area contributed by atoms with E-state index < -0.39 is 17.8 Å². The molecule has 1 aliphatic heterocycles. The monoisotopic (exact) mass is 395 g/mol. The molecule has 0 saturated heterocycles. The molecule has 2 aromatic rings. The zero-order chi connectivity index (χ0) is 20.3. The summed E-state index contributed by atoms with van der Waals surface area (Å²) in [5.74, 6) is -0.410. The first-order valence-electron chi connectivity index (χ1n) is 8.47. The van der Waals surface area contributed by atoms with E-state index in [2.05, 4.69) is 35.6 Å². The smallest absolute Gasteiger partial charge is 0.352 e. The van der Waals surface area contributed by atoms with Crippen LogP contribution in [0.2, 0.25) is 0 Å². The van der Waals surface area contributed by atoms with Crippen LogP contribution in [0.5, 0.6) is 0 Å². The van der Waals surface area contributed by atoms with Crippen LogP contribution >= 0.6 is 0 Å². The first-order valence-corrected chi connectivity index (χ1v) is 8.47. The molecule has 7 nitrogen and oxygen atoms in total. The Balaban J connectivity index is 1.97. The molecule has 0 saturated carbocycles. The topological polar surface area (TPSA) is 88.0 Å². The molecular weight excluding hydrogens is 378 g/mol. The molecule has 2 N–H and O–H groups in total. The summed E-state index contributed by atoms with van der Waals surface area (Å²) in [6.45, 7) is 3.72. The van der Waals surface area contributed by atoms with Crippen LogP contribution in [0, 0.1) is 5.95 Å². The van der Waals surface area contributed by atoms with E-state index in [1.54, 1.807) is 6.08 Å². The lowest BCUT2D eigenvalue weighted by molar-refractivity contribution is -0.0604. The van der Waals surface area contributed by atoms with E-state index in [1.807, 2.05) is 13.8 Å². The van der Waals surface area contributed by atoms with Crippen LogP contribution in [0.1, 0.15) is 32.5 Å². The van der Waals surface area contributed by atoms with Crippen LogP contribution in [0.4, 0.5) is 35.1 Å². The van der Waals surface area contributed by atoms with Gasteiger partial charge in [0.25, 0.3) is 0 Å². The molecule has 0 atom stereocenters. The van der Waals surface area contributed by atoms with Crippen molar-refractivity contribution in [3.63, 3.8) is 0 Å². The number of anilines is 3. The molecule has 1 aliphatic rings. The second kappa shape index (κ2) is 7.87. The van der Waals surface area contributed by atoms with E-state index in [4.69, 9.17) is 0 Å². The number of halogens is 4. The van der Waals surface area contributed by atoms with Crippen molar-refractivity contribution < 1.29 is 17.6 Å². The molecule has 28 heavy (non-hydrogen) atoms. The van der Waals surface area contributed by atoms with Crippen molar-refractivity contribution in [3.05, 3.63) is 36.2 Å². The summed E-state index contributed by atoms with van der Waals surface area (Å²) in [7, 11) is 0. The van der Waals surface area contributed by atoms with Gasteiger partial charge in [0.2, 0.25) is 17.8 Å². The maximum absolute atomic E-state index is 13.0. The van der Waals surface area contributed by atoms with Crippen molar-refractivity contribution in [2.45, 2.75) is 38.9 Å². The molecule has 0 aliphatic carbocycles. The standard InChI is InChI=1S/C17H17F4N7/c1-9(2)23-15-26-14(11-4-3-5-12(25-11)17(19,20)21)27-16(28-15)24-10-6-7-13(18)22-8-10/h4,6-9H,3,5H2,1-2H3,(H2,23,24,26,27,28). The summed E-state index contributed by atoms with van der Waals surface area (Å²) >= 11 is 0. The first-order chi connectivity index (χ1) is 13.2. The third-order valence-corrected chi connectivity index (χ3v) is 3.57. The Morgan fingerprint density at radius 1 is 1.07 bits per heavy atom. The number of allylic oxidation sites excluding steroid dienone is 1. The van der Waals surface area contributed by atoms with Gasteiger partial charge in [-0.05, 0) is 38.8 Å². The van der Waals surface area contributed by atoms with Gasteiger partial charge in [-0.1, -0.05) is 6.08 Å². The highest BCUT2D eigenvalue weighted by Crippen LogP contribution is 2.28. The minimum Gasteiger partial charge on any atom is -0.352 e. The number of nitrogens with zero attached hydrogens (tertiary/aromatic N) is 5. The number of aliphatic imine (C=N–C) groups is 1. The van der Waals surface area contributed by atoms with Crippen LogP contribution in [-0.2, 0) is 0 Å². The Hall–Kier alpha value is -3.11. The molecule has 148 valence electrons. The molecule has 3 heterocycles. The van der Waals surface area contributed by atoms with E-state index in [0.717, 1.165) is 6.07 Å². The van der Waals surface area contributed by atoms with Gasteiger partial charge in [-0.15, -0.1) is 0 Å². The molecule has 3 rings (SSSR count). The zero-order valence-electron chi connectivity index (χ0n) is 15.0. The van der Waals surface area contributed by atoms with Gasteiger partial charge in [0.1, 0.15) is 11.4 Å². The predicted octanol–water partition coefficient (Wildman–Crippen LogP) is 4.11. The molecule has 0 unspecified atom stereocenters. The molecule has 0 amide bonds. The molecule has 11 heteroatoms. The summed E-state index contributed by atoms with van der Waals surface area (Å²) in [6, 6.07) is 2.56. The molecule has 0 bridgehead atoms. The summed E-state index contributed by atoms with van der Waals surface area (Å²) < 4.78 is 52.0. The quantitative estimate of drug-likeness (QED) is 0.585. The lowest BCUT2D eigenvalue weighted by Gasteiger charge is -2.16. The van der Waals surface area contributed by atoms with Gasteiger partial charge in [-0.25, -0.2) is 9.98 Å². The Morgan fingerprint density at radius 3 is 2.46 bits per heavy atom. The zero-order valence-corrected chi connectivity index (χ0v) is 15.0. The normalized spacial score (nSPS) is 14.5. The average Bonchev–Trinajstić information content (AvgIpc) is 2.62. The number of hydrogen-bond donors (Lipinski definition) is 2. The van der Waals surface area contributed by atoms with Crippen LogP contribution in [0.15, 0.2) is 29.4 Å². The number of rotatable bonds is 5. The van der Waals surface area contributed by atoms with E-state index in [-0.39, 0.29) is 42.3 Å². The lowest BCUT2D eigenvalue weighted by atomic mass is 10.1. The van der Waals surface area contributed by atoms with Crippen molar-refractivity contribution in [2.75, 3.05) is 10.6 Å². The van der Waals surface area contributed by atoms with E-state index in [9.17, 15) is 17.6 Å². The number of alkyl halides is 3. The fraction of sp³-hybridized carbons (Fsp3) is 0.353. The van der Waals surface area contributed by atoms with E-state index in [0.29, 0.717) is 5.69 Å². The summed E-state index contributed by atoms with van der Waals surface area (Å²) in [5, 5.41) is 5.82. The third kappa shape index (κ3) is 4.99. The SMILES string of the molecule is CC(C)Nc1nc(Nc2ccc(F)nc2)nc(C2=CCCC(C(F)(F)F)=N2)n1. The van der Waals surface area contributed by atoms with Gasteiger partial charge in [0.05, 0.1) is 11.9 Å². The summed E-state index contributed by atoms with van der Waals surface area (Å²) in [5.41, 5.74) is -0.444. The fourth-order valence-electron chi connectivity index (χ4n) is 2.39. The Bertz CT molecular complexity index is 905. The van der Waals surface area contributed by atoms with Crippen LogP contribution in [0.25, 0.3) is 5.70 Å². The number of nitrogens with one attached hydrogen (secondary N) is 2. The number of hydrogen-bond acceptors (Lipinski definition) is 7. The molecule has 0 radical (unpaired) electrons. The number of aromatic nitrogens is 4. The molecule has 2 aromatic heterocycles. The van der Waals surface area contributed by atoms with Gasteiger partial charge in [0, 0.05) is 6.04 Å². The van der Waals surface area contributed by atoms with Gasteiger partial charge in [0.15, 0.2) is 5.82 Å². The lowest BCUT2D eigenvalue weighted by Crippen LogP contribution is -2.24. The van der Waals surface area contributed by atoms with Crippen LogP contribution in [-0.4, -0.2) is 37.9 Å². The first kappa shape index (κ1) is 19.6. The van der Waals surface area contributed by atoms with Crippen LogP contribution < -0.4 is 10.6 Å². The van der Waals surface area contributed by atoms with Gasteiger partial charge in [-0.3, -0.25) is 0 Å². The molecule has 0 fully saturated rings.